The highest BCUT2D eigenvalue weighted by molar-refractivity contribution is 6.11. The molecular weight excluding hydrogens is 494 g/mol. The molecule has 0 aliphatic carbocycles. The highest BCUT2D eigenvalue weighted by Gasteiger charge is 2.17. The molecule has 0 saturated heterocycles. The number of hydrogen-bond donors (Lipinski definition) is 0. The molecule has 0 bridgehead atoms. The van der Waals surface area contributed by atoms with Gasteiger partial charge in [-0.2, -0.15) is 0 Å². The molecule has 7 nitrogen and oxygen atoms in total. The number of rotatable bonds is 6. The molecule has 0 atom stereocenters. The number of halogens is 2. The summed E-state index contributed by atoms with van der Waals surface area (Å²) >= 11 is 0. The molecule has 9 heteroatoms. The standard InChI is InChI=1S/C29H18F2N2O5/c30-21-7-1-17(2-8-21)15-32-23-11-5-19(13-25(23)37-28(32)35)27(34)20-6-12-24-26(14-20)38-29(36)33(24)16-18-3-9-22(31)10-4-18/h1-14H,15-16H2. The normalized spacial score (nSPS) is 11.4. The minimum atomic E-state index is -0.598. The van der Waals surface area contributed by atoms with Crippen molar-refractivity contribution in [2.24, 2.45) is 0 Å². The minimum absolute atomic E-state index is 0.185. The van der Waals surface area contributed by atoms with Gasteiger partial charge < -0.3 is 8.83 Å². The lowest BCUT2D eigenvalue weighted by Crippen LogP contribution is -2.14. The van der Waals surface area contributed by atoms with Crippen molar-refractivity contribution >= 4 is 28.0 Å². The maximum Gasteiger partial charge on any atom is 0.420 e. The summed E-state index contributed by atoms with van der Waals surface area (Å²) in [5.41, 5.74) is 3.47. The van der Waals surface area contributed by atoms with Crippen LogP contribution in [0.25, 0.3) is 22.2 Å². The van der Waals surface area contributed by atoms with Crippen LogP contribution in [-0.2, 0) is 13.1 Å². The molecule has 38 heavy (non-hydrogen) atoms. The summed E-state index contributed by atoms with van der Waals surface area (Å²) in [7, 11) is 0. The highest BCUT2D eigenvalue weighted by atomic mass is 19.1. The summed E-state index contributed by atoms with van der Waals surface area (Å²) in [4.78, 5) is 38.2. The SMILES string of the molecule is O=C(c1ccc2c(c1)oc(=O)n2Cc1ccc(F)cc1)c1ccc2c(c1)oc(=O)n2Cc1ccc(F)cc1. The Kier molecular flexibility index (Phi) is 5.60. The van der Waals surface area contributed by atoms with Gasteiger partial charge in [0.25, 0.3) is 0 Å². The molecule has 2 aromatic heterocycles. The van der Waals surface area contributed by atoms with E-state index in [0.29, 0.717) is 11.0 Å². The maximum absolute atomic E-state index is 13.2. The van der Waals surface area contributed by atoms with Crippen LogP contribution in [0.3, 0.4) is 0 Å². The number of aromatic nitrogens is 2. The molecule has 188 valence electrons. The third kappa shape index (κ3) is 4.24. The number of benzene rings is 4. The van der Waals surface area contributed by atoms with Gasteiger partial charge in [0.2, 0.25) is 0 Å². The molecule has 0 saturated carbocycles. The summed E-state index contributed by atoms with van der Waals surface area (Å²) in [5, 5.41) is 0. The van der Waals surface area contributed by atoms with E-state index in [1.165, 1.54) is 45.5 Å². The van der Waals surface area contributed by atoms with Crippen molar-refractivity contribution in [2.45, 2.75) is 13.1 Å². The Labute approximate surface area is 212 Å². The summed E-state index contributed by atoms with van der Waals surface area (Å²) in [6, 6.07) is 21.0. The van der Waals surface area contributed by atoms with Crippen LogP contribution in [0.15, 0.2) is 103 Å². The average Bonchev–Trinajstić information content (AvgIpc) is 3.40. The van der Waals surface area contributed by atoms with Gasteiger partial charge >= 0.3 is 11.5 Å². The first-order chi connectivity index (χ1) is 18.4. The molecule has 0 amide bonds. The fraction of sp³-hybridized carbons (Fsp3) is 0.0690. The fourth-order valence-electron chi connectivity index (χ4n) is 4.43. The van der Waals surface area contributed by atoms with Crippen LogP contribution in [0.5, 0.6) is 0 Å². The van der Waals surface area contributed by atoms with E-state index in [4.69, 9.17) is 8.83 Å². The molecule has 0 unspecified atom stereocenters. The van der Waals surface area contributed by atoms with E-state index in [1.54, 1.807) is 48.5 Å². The summed E-state index contributed by atoms with van der Waals surface area (Å²) in [6.07, 6.45) is 0. The quantitative estimate of drug-likeness (QED) is 0.290. The number of hydrogen-bond acceptors (Lipinski definition) is 5. The minimum Gasteiger partial charge on any atom is -0.408 e. The number of nitrogens with zero attached hydrogens (tertiary/aromatic N) is 2. The lowest BCUT2D eigenvalue weighted by molar-refractivity contribution is 0.103. The van der Waals surface area contributed by atoms with Crippen molar-refractivity contribution in [3.05, 3.63) is 140 Å². The lowest BCUT2D eigenvalue weighted by Gasteiger charge is -2.05. The molecule has 2 heterocycles. The lowest BCUT2D eigenvalue weighted by atomic mass is 10.0. The Morgan fingerprint density at radius 2 is 1.00 bits per heavy atom. The Morgan fingerprint density at radius 3 is 1.39 bits per heavy atom. The molecule has 0 N–H and O–H groups in total. The van der Waals surface area contributed by atoms with E-state index < -0.39 is 11.5 Å². The first kappa shape index (κ1) is 23.4. The maximum atomic E-state index is 13.2. The van der Waals surface area contributed by atoms with Gasteiger partial charge in [0.1, 0.15) is 11.6 Å². The van der Waals surface area contributed by atoms with Gasteiger partial charge in [-0.05, 0) is 71.8 Å². The van der Waals surface area contributed by atoms with Crippen LogP contribution in [0, 0.1) is 11.6 Å². The van der Waals surface area contributed by atoms with Gasteiger partial charge in [0.15, 0.2) is 16.9 Å². The van der Waals surface area contributed by atoms with Crippen LogP contribution in [0.4, 0.5) is 8.78 Å². The van der Waals surface area contributed by atoms with Gasteiger partial charge in [-0.3, -0.25) is 13.9 Å². The monoisotopic (exact) mass is 512 g/mol. The van der Waals surface area contributed by atoms with Crippen molar-refractivity contribution in [1.82, 2.24) is 9.13 Å². The van der Waals surface area contributed by atoms with Gasteiger partial charge in [0, 0.05) is 11.1 Å². The molecule has 0 aliphatic heterocycles. The van der Waals surface area contributed by atoms with Gasteiger partial charge in [-0.1, -0.05) is 24.3 Å². The summed E-state index contributed by atoms with van der Waals surface area (Å²) < 4.78 is 40.0. The molecule has 6 rings (SSSR count). The fourth-order valence-corrected chi connectivity index (χ4v) is 4.43. The van der Waals surface area contributed by atoms with Crippen molar-refractivity contribution in [2.75, 3.05) is 0 Å². The molecule has 0 spiro atoms. The Hall–Kier alpha value is -5.05. The summed E-state index contributed by atoms with van der Waals surface area (Å²) in [6.45, 7) is 0.369. The number of carbonyl (C=O) groups is 1. The molecule has 6 aromatic rings. The van der Waals surface area contributed by atoms with E-state index >= 15 is 0 Å². The average molecular weight is 512 g/mol. The van der Waals surface area contributed by atoms with Crippen molar-refractivity contribution in [1.29, 1.82) is 0 Å². The van der Waals surface area contributed by atoms with E-state index in [9.17, 15) is 23.2 Å². The van der Waals surface area contributed by atoms with E-state index in [-0.39, 0.29) is 52.8 Å². The van der Waals surface area contributed by atoms with Crippen LogP contribution >= 0.6 is 0 Å². The smallest absolute Gasteiger partial charge is 0.408 e. The topological polar surface area (TPSA) is 87.3 Å². The van der Waals surface area contributed by atoms with E-state index in [0.717, 1.165) is 11.1 Å². The zero-order chi connectivity index (χ0) is 26.4. The first-order valence-electron chi connectivity index (χ1n) is 11.7. The predicted molar refractivity (Wildman–Crippen MR) is 135 cm³/mol. The first-order valence-corrected chi connectivity index (χ1v) is 11.7. The second-order valence-corrected chi connectivity index (χ2v) is 8.86. The van der Waals surface area contributed by atoms with E-state index in [1.807, 2.05) is 0 Å². The Balaban J connectivity index is 1.30. The zero-order valence-electron chi connectivity index (χ0n) is 19.7. The number of carbonyl (C=O) groups excluding carboxylic acids is 1. The molecule has 0 radical (unpaired) electrons. The predicted octanol–water partition coefficient (Wildman–Crippen LogP) is 5.11. The second kappa shape index (κ2) is 9.11. The molecule has 4 aromatic carbocycles. The Bertz CT molecular complexity index is 1800. The number of fused-ring (bicyclic) bond motifs is 2. The third-order valence-corrected chi connectivity index (χ3v) is 6.37. The van der Waals surface area contributed by atoms with E-state index in [2.05, 4.69) is 0 Å². The van der Waals surface area contributed by atoms with Crippen molar-refractivity contribution in [3.63, 3.8) is 0 Å². The van der Waals surface area contributed by atoms with Gasteiger partial charge in [0.05, 0.1) is 24.1 Å². The van der Waals surface area contributed by atoms with Gasteiger partial charge in [-0.15, -0.1) is 0 Å². The molecule has 0 aliphatic rings. The highest BCUT2D eigenvalue weighted by Crippen LogP contribution is 2.22. The second-order valence-electron chi connectivity index (χ2n) is 8.86. The number of oxazole rings is 2. The van der Waals surface area contributed by atoms with Crippen LogP contribution < -0.4 is 11.5 Å². The molecule has 0 fully saturated rings. The van der Waals surface area contributed by atoms with Crippen LogP contribution in [-0.4, -0.2) is 14.9 Å². The zero-order valence-corrected chi connectivity index (χ0v) is 19.7. The summed E-state index contributed by atoms with van der Waals surface area (Å²) in [5.74, 6) is -2.29. The van der Waals surface area contributed by atoms with Crippen LogP contribution in [0.2, 0.25) is 0 Å². The van der Waals surface area contributed by atoms with Crippen molar-refractivity contribution in [3.8, 4) is 0 Å². The Morgan fingerprint density at radius 1 is 0.605 bits per heavy atom. The largest absolute Gasteiger partial charge is 0.420 e. The molecular formula is C29H18F2N2O5. The number of ketones is 1. The van der Waals surface area contributed by atoms with Crippen LogP contribution in [0.1, 0.15) is 27.0 Å². The third-order valence-electron chi connectivity index (χ3n) is 6.37. The van der Waals surface area contributed by atoms with Gasteiger partial charge in [-0.25, -0.2) is 18.4 Å². The van der Waals surface area contributed by atoms with Crippen molar-refractivity contribution < 1.29 is 22.4 Å².